The summed E-state index contributed by atoms with van der Waals surface area (Å²) in [6, 6.07) is -1.43. The number of nitrogens with zero attached hydrogens (tertiary/aromatic N) is 1. The maximum atomic E-state index is 11.7. The molecular weight excluding hydrogens is 212 g/mol. The predicted molar refractivity (Wildman–Crippen MR) is 59.2 cm³/mol. The number of carbonyl (C=O) groups is 2. The molecule has 16 heavy (non-hydrogen) atoms. The topological polar surface area (TPSA) is 89.9 Å². The largest absolute Gasteiger partial charge is 0.480 e. The molecule has 94 valence electrons. The fourth-order valence-electron chi connectivity index (χ4n) is 1.27. The number of aliphatic hydroxyl groups excluding tert-OH is 1. The lowest BCUT2D eigenvalue weighted by molar-refractivity contribution is -0.139. The third-order valence-corrected chi connectivity index (χ3v) is 2.23. The van der Waals surface area contributed by atoms with Crippen LogP contribution in [0.5, 0.6) is 0 Å². The van der Waals surface area contributed by atoms with Crippen LogP contribution in [-0.4, -0.2) is 52.3 Å². The first-order valence-electron chi connectivity index (χ1n) is 5.34. The first-order valence-corrected chi connectivity index (χ1v) is 5.34. The molecule has 0 aliphatic carbocycles. The van der Waals surface area contributed by atoms with Gasteiger partial charge in [-0.3, -0.25) is 0 Å². The van der Waals surface area contributed by atoms with Gasteiger partial charge in [-0.25, -0.2) is 9.59 Å². The molecule has 0 aromatic carbocycles. The van der Waals surface area contributed by atoms with Crippen molar-refractivity contribution in [2.24, 2.45) is 0 Å². The van der Waals surface area contributed by atoms with E-state index in [2.05, 4.69) is 5.32 Å². The summed E-state index contributed by atoms with van der Waals surface area (Å²) < 4.78 is 0. The second kappa shape index (κ2) is 7.05. The fourth-order valence-corrected chi connectivity index (χ4v) is 1.27. The van der Waals surface area contributed by atoms with Crippen LogP contribution in [0.2, 0.25) is 0 Å². The predicted octanol–water partition coefficient (Wildman–Crippen LogP) is 0.262. The first kappa shape index (κ1) is 14.7. The number of carboxylic acid groups (broad SMARTS) is 1. The standard InChI is InChI=1S/C10H20N2O4/c1-4-8(9(14)15)11-10(16)12(5-6-13)7(2)3/h7-8,13H,4-6H2,1-3H3,(H,11,16)(H,14,15)/t8-/m0/s1. The molecule has 2 amide bonds. The smallest absolute Gasteiger partial charge is 0.326 e. The summed E-state index contributed by atoms with van der Waals surface area (Å²) in [5.41, 5.74) is 0. The third kappa shape index (κ3) is 4.48. The Kier molecular flexibility index (Phi) is 6.48. The fraction of sp³-hybridized carbons (Fsp3) is 0.800. The molecule has 6 nitrogen and oxygen atoms in total. The summed E-state index contributed by atoms with van der Waals surface area (Å²) in [4.78, 5) is 23.8. The number of nitrogens with one attached hydrogen (secondary N) is 1. The zero-order valence-electron chi connectivity index (χ0n) is 9.93. The highest BCUT2D eigenvalue weighted by Crippen LogP contribution is 2.00. The lowest BCUT2D eigenvalue weighted by Crippen LogP contribution is -2.50. The van der Waals surface area contributed by atoms with Crippen molar-refractivity contribution in [1.29, 1.82) is 0 Å². The molecule has 0 heterocycles. The number of amides is 2. The average molecular weight is 232 g/mol. The minimum Gasteiger partial charge on any atom is -0.480 e. The van der Waals surface area contributed by atoms with E-state index in [9.17, 15) is 9.59 Å². The van der Waals surface area contributed by atoms with Crippen LogP contribution in [0.3, 0.4) is 0 Å². The van der Waals surface area contributed by atoms with Gasteiger partial charge in [-0.15, -0.1) is 0 Å². The van der Waals surface area contributed by atoms with Gasteiger partial charge in [-0.2, -0.15) is 0 Å². The Labute approximate surface area is 95.2 Å². The molecule has 0 unspecified atom stereocenters. The summed E-state index contributed by atoms with van der Waals surface area (Å²) in [6.45, 7) is 5.34. The van der Waals surface area contributed by atoms with Crippen LogP contribution in [0.15, 0.2) is 0 Å². The van der Waals surface area contributed by atoms with E-state index < -0.39 is 18.0 Å². The number of urea groups is 1. The van der Waals surface area contributed by atoms with Crippen LogP contribution in [0, 0.1) is 0 Å². The molecule has 0 aromatic heterocycles. The van der Waals surface area contributed by atoms with Crippen molar-refractivity contribution < 1.29 is 19.8 Å². The quantitative estimate of drug-likeness (QED) is 0.613. The Morgan fingerprint density at radius 1 is 1.38 bits per heavy atom. The van der Waals surface area contributed by atoms with E-state index in [0.717, 1.165) is 0 Å². The lowest BCUT2D eigenvalue weighted by atomic mass is 10.2. The van der Waals surface area contributed by atoms with Gasteiger partial charge in [0, 0.05) is 12.6 Å². The average Bonchev–Trinajstić information content (AvgIpc) is 2.21. The monoisotopic (exact) mass is 232 g/mol. The van der Waals surface area contributed by atoms with E-state index in [1.54, 1.807) is 20.8 Å². The number of carbonyl (C=O) groups excluding carboxylic acids is 1. The molecule has 0 rings (SSSR count). The zero-order valence-corrected chi connectivity index (χ0v) is 9.93. The van der Waals surface area contributed by atoms with Crippen LogP contribution < -0.4 is 5.32 Å². The van der Waals surface area contributed by atoms with Crippen LogP contribution in [0.4, 0.5) is 4.79 Å². The number of hydrogen-bond donors (Lipinski definition) is 3. The normalized spacial score (nSPS) is 12.3. The van der Waals surface area contributed by atoms with E-state index in [1.807, 2.05) is 0 Å². The molecule has 0 radical (unpaired) electrons. The third-order valence-electron chi connectivity index (χ3n) is 2.23. The van der Waals surface area contributed by atoms with Crippen LogP contribution in [0.25, 0.3) is 0 Å². The SMILES string of the molecule is CC[C@H](NC(=O)N(CCO)C(C)C)C(=O)O. The van der Waals surface area contributed by atoms with Crippen molar-refractivity contribution in [2.75, 3.05) is 13.2 Å². The summed E-state index contributed by atoms with van der Waals surface area (Å²) in [5.74, 6) is -1.05. The number of rotatable bonds is 6. The van der Waals surface area contributed by atoms with Gasteiger partial charge in [0.25, 0.3) is 0 Å². The van der Waals surface area contributed by atoms with Gasteiger partial charge in [0.2, 0.25) is 0 Å². The Morgan fingerprint density at radius 3 is 2.25 bits per heavy atom. The summed E-state index contributed by atoms with van der Waals surface area (Å²) in [6.07, 6.45) is 0.326. The molecule has 3 N–H and O–H groups in total. The molecule has 0 aliphatic heterocycles. The number of hydrogen-bond acceptors (Lipinski definition) is 3. The molecule has 0 aliphatic rings. The van der Waals surface area contributed by atoms with Crippen LogP contribution in [-0.2, 0) is 4.79 Å². The molecule has 6 heteroatoms. The van der Waals surface area contributed by atoms with Crippen molar-refractivity contribution in [1.82, 2.24) is 10.2 Å². The van der Waals surface area contributed by atoms with Gasteiger partial charge in [0.15, 0.2) is 0 Å². The second-order valence-electron chi connectivity index (χ2n) is 3.76. The van der Waals surface area contributed by atoms with E-state index >= 15 is 0 Å². The van der Waals surface area contributed by atoms with Gasteiger partial charge < -0.3 is 20.4 Å². The van der Waals surface area contributed by atoms with Gasteiger partial charge in [0.1, 0.15) is 6.04 Å². The van der Waals surface area contributed by atoms with Crippen LogP contribution >= 0.6 is 0 Å². The Hall–Kier alpha value is -1.30. The Balaban J connectivity index is 4.44. The van der Waals surface area contributed by atoms with Gasteiger partial charge >= 0.3 is 12.0 Å². The van der Waals surface area contributed by atoms with Gasteiger partial charge in [-0.1, -0.05) is 6.92 Å². The van der Waals surface area contributed by atoms with Crippen molar-refractivity contribution in [3.05, 3.63) is 0 Å². The number of carboxylic acids is 1. The lowest BCUT2D eigenvalue weighted by Gasteiger charge is -2.27. The van der Waals surface area contributed by atoms with Gasteiger partial charge in [0.05, 0.1) is 6.61 Å². The summed E-state index contributed by atoms with van der Waals surface area (Å²) in [7, 11) is 0. The van der Waals surface area contributed by atoms with Gasteiger partial charge in [-0.05, 0) is 20.3 Å². The van der Waals surface area contributed by atoms with Crippen molar-refractivity contribution >= 4 is 12.0 Å². The number of aliphatic hydroxyl groups is 1. The summed E-state index contributed by atoms with van der Waals surface area (Å²) >= 11 is 0. The maximum absolute atomic E-state index is 11.7. The van der Waals surface area contributed by atoms with Crippen LogP contribution in [0.1, 0.15) is 27.2 Å². The highest BCUT2D eigenvalue weighted by molar-refractivity contribution is 5.82. The van der Waals surface area contributed by atoms with E-state index in [0.29, 0.717) is 6.42 Å². The maximum Gasteiger partial charge on any atom is 0.326 e. The molecule has 1 atom stereocenters. The second-order valence-corrected chi connectivity index (χ2v) is 3.76. The molecular formula is C10H20N2O4. The van der Waals surface area contributed by atoms with E-state index in [1.165, 1.54) is 4.90 Å². The summed E-state index contributed by atoms with van der Waals surface area (Å²) in [5, 5.41) is 20.0. The molecule has 0 saturated carbocycles. The van der Waals surface area contributed by atoms with E-state index in [4.69, 9.17) is 10.2 Å². The van der Waals surface area contributed by atoms with Crippen molar-refractivity contribution in [3.63, 3.8) is 0 Å². The Morgan fingerprint density at radius 2 is 1.94 bits per heavy atom. The first-order chi connectivity index (χ1) is 7.43. The Bertz CT molecular complexity index is 243. The molecule has 0 aromatic rings. The number of aliphatic carboxylic acids is 1. The zero-order chi connectivity index (χ0) is 12.7. The van der Waals surface area contributed by atoms with Crippen molar-refractivity contribution in [2.45, 2.75) is 39.3 Å². The molecule has 0 spiro atoms. The highest BCUT2D eigenvalue weighted by atomic mass is 16.4. The molecule has 0 saturated heterocycles. The molecule has 0 fully saturated rings. The minimum absolute atomic E-state index is 0.0848. The minimum atomic E-state index is -1.05. The highest BCUT2D eigenvalue weighted by Gasteiger charge is 2.22. The molecule has 0 bridgehead atoms. The van der Waals surface area contributed by atoms with Crippen molar-refractivity contribution in [3.8, 4) is 0 Å². The van der Waals surface area contributed by atoms with E-state index in [-0.39, 0.29) is 19.2 Å².